The van der Waals surface area contributed by atoms with E-state index in [0.717, 1.165) is 23.0 Å². The standard InChI is InChI=1S/C9H10O2.C7H10.CH4/c1-6-3-4-8(9(10)11)7(2)5-6;1-2-7-4-3-6(1)5-7;/h3-5H,1-2H3,(H,10,11);1-2,6-7H,3-5H2;1H4. The number of hydrogen-bond donors (Lipinski definition) is 1. The third kappa shape index (κ3) is 3.95. The van der Waals surface area contributed by atoms with Crippen molar-refractivity contribution in [1.29, 1.82) is 0 Å². The molecule has 104 valence electrons. The van der Waals surface area contributed by atoms with Crippen molar-refractivity contribution in [2.75, 3.05) is 0 Å². The van der Waals surface area contributed by atoms with Crippen LogP contribution in [0.15, 0.2) is 30.4 Å². The lowest BCUT2D eigenvalue weighted by Gasteiger charge is -2.00. The maximum atomic E-state index is 10.5. The summed E-state index contributed by atoms with van der Waals surface area (Å²) < 4.78 is 0. The SMILES string of the molecule is C.C1=CC2CCC1C2.Cc1ccc(C(=O)O)c(C)c1. The van der Waals surface area contributed by atoms with Crippen molar-refractivity contribution < 1.29 is 9.90 Å². The molecule has 0 radical (unpaired) electrons. The van der Waals surface area contributed by atoms with Crippen molar-refractivity contribution in [2.45, 2.75) is 40.5 Å². The summed E-state index contributed by atoms with van der Waals surface area (Å²) in [4.78, 5) is 10.5. The number of carboxylic acid groups (broad SMARTS) is 1. The van der Waals surface area contributed by atoms with Gasteiger partial charge in [0.1, 0.15) is 0 Å². The molecule has 1 aromatic rings. The smallest absolute Gasteiger partial charge is 0.335 e. The van der Waals surface area contributed by atoms with Gasteiger partial charge < -0.3 is 5.11 Å². The van der Waals surface area contributed by atoms with Crippen molar-refractivity contribution in [2.24, 2.45) is 11.8 Å². The lowest BCUT2D eigenvalue weighted by Crippen LogP contribution is -1.99. The van der Waals surface area contributed by atoms with Crippen LogP contribution in [0.4, 0.5) is 0 Å². The molecular weight excluding hydrogens is 236 g/mol. The molecule has 0 heterocycles. The zero-order chi connectivity index (χ0) is 13.1. The summed E-state index contributed by atoms with van der Waals surface area (Å²) >= 11 is 0. The molecule has 2 aliphatic carbocycles. The van der Waals surface area contributed by atoms with Gasteiger partial charge in [-0.3, -0.25) is 0 Å². The molecule has 1 fully saturated rings. The first-order valence-corrected chi connectivity index (χ1v) is 6.55. The van der Waals surface area contributed by atoms with E-state index in [4.69, 9.17) is 5.11 Å². The number of benzene rings is 1. The van der Waals surface area contributed by atoms with Crippen LogP contribution >= 0.6 is 0 Å². The van der Waals surface area contributed by atoms with Crippen LogP contribution in [0, 0.1) is 25.7 Å². The number of aryl methyl sites for hydroxylation is 2. The Balaban J connectivity index is 0.000000194. The lowest BCUT2D eigenvalue weighted by atomic mass is 10.1. The number of rotatable bonds is 1. The Morgan fingerprint density at radius 3 is 2.05 bits per heavy atom. The zero-order valence-electron chi connectivity index (χ0n) is 11.0. The Bertz CT molecular complexity index is 462. The molecule has 2 bridgehead atoms. The maximum Gasteiger partial charge on any atom is 0.335 e. The molecule has 0 aliphatic heterocycles. The van der Waals surface area contributed by atoms with Crippen LogP contribution in [0.5, 0.6) is 0 Å². The highest BCUT2D eigenvalue weighted by atomic mass is 16.4. The van der Waals surface area contributed by atoms with Gasteiger partial charge in [-0.25, -0.2) is 4.79 Å². The first kappa shape index (κ1) is 15.5. The Morgan fingerprint density at radius 2 is 1.74 bits per heavy atom. The first-order chi connectivity index (χ1) is 8.56. The van der Waals surface area contributed by atoms with Crippen molar-refractivity contribution in [3.63, 3.8) is 0 Å². The number of allylic oxidation sites excluding steroid dienone is 2. The van der Waals surface area contributed by atoms with Gasteiger partial charge in [-0.05, 0) is 56.6 Å². The Morgan fingerprint density at radius 1 is 1.16 bits per heavy atom. The van der Waals surface area contributed by atoms with Gasteiger partial charge >= 0.3 is 5.97 Å². The van der Waals surface area contributed by atoms with E-state index in [2.05, 4.69) is 12.2 Å². The third-order valence-corrected chi connectivity index (χ3v) is 3.78. The molecule has 2 atom stereocenters. The molecule has 0 saturated heterocycles. The molecule has 1 aromatic carbocycles. The average molecular weight is 260 g/mol. The van der Waals surface area contributed by atoms with E-state index < -0.39 is 5.97 Å². The first-order valence-electron chi connectivity index (χ1n) is 6.55. The maximum absolute atomic E-state index is 10.5. The molecule has 3 rings (SSSR count). The molecular formula is C17H24O2. The second-order valence-electron chi connectivity index (χ2n) is 5.34. The monoisotopic (exact) mass is 260 g/mol. The van der Waals surface area contributed by atoms with Gasteiger partial charge in [0.2, 0.25) is 0 Å². The number of fused-ring (bicyclic) bond motifs is 2. The van der Waals surface area contributed by atoms with Crippen LogP contribution in [0.1, 0.15) is 48.2 Å². The second-order valence-corrected chi connectivity index (χ2v) is 5.34. The molecule has 19 heavy (non-hydrogen) atoms. The Hall–Kier alpha value is -1.57. The van der Waals surface area contributed by atoms with Crippen molar-refractivity contribution in [3.8, 4) is 0 Å². The van der Waals surface area contributed by atoms with Crippen LogP contribution in [0.2, 0.25) is 0 Å². The number of aromatic carboxylic acids is 1. The van der Waals surface area contributed by atoms with Crippen molar-refractivity contribution >= 4 is 5.97 Å². The summed E-state index contributed by atoms with van der Waals surface area (Å²) in [6.07, 6.45) is 9.19. The van der Waals surface area contributed by atoms with E-state index >= 15 is 0 Å². The van der Waals surface area contributed by atoms with E-state index in [1.807, 2.05) is 13.0 Å². The van der Waals surface area contributed by atoms with Gasteiger partial charge in [-0.1, -0.05) is 37.3 Å². The van der Waals surface area contributed by atoms with E-state index in [1.165, 1.54) is 19.3 Å². The lowest BCUT2D eigenvalue weighted by molar-refractivity contribution is 0.0696. The van der Waals surface area contributed by atoms with Gasteiger partial charge in [0.25, 0.3) is 0 Å². The van der Waals surface area contributed by atoms with Crippen LogP contribution in [-0.2, 0) is 0 Å². The predicted molar refractivity (Wildman–Crippen MR) is 79.6 cm³/mol. The zero-order valence-corrected chi connectivity index (χ0v) is 11.0. The molecule has 2 aliphatic rings. The fourth-order valence-electron chi connectivity index (χ4n) is 2.77. The second kappa shape index (κ2) is 6.55. The van der Waals surface area contributed by atoms with Crippen LogP contribution in [-0.4, -0.2) is 11.1 Å². The molecule has 2 unspecified atom stereocenters. The molecule has 0 aromatic heterocycles. The van der Waals surface area contributed by atoms with E-state index in [9.17, 15) is 4.79 Å². The molecule has 2 nitrogen and oxygen atoms in total. The largest absolute Gasteiger partial charge is 0.478 e. The molecule has 1 saturated carbocycles. The van der Waals surface area contributed by atoms with Gasteiger partial charge in [0.05, 0.1) is 5.56 Å². The Labute approximate surface area is 116 Å². The van der Waals surface area contributed by atoms with E-state index in [0.29, 0.717) is 5.56 Å². The van der Waals surface area contributed by atoms with Crippen molar-refractivity contribution in [1.82, 2.24) is 0 Å². The topological polar surface area (TPSA) is 37.3 Å². The van der Waals surface area contributed by atoms with Gasteiger partial charge in [-0.15, -0.1) is 0 Å². The van der Waals surface area contributed by atoms with E-state index in [-0.39, 0.29) is 7.43 Å². The molecule has 1 N–H and O–H groups in total. The normalized spacial score (nSPS) is 22.4. The molecule has 2 heteroatoms. The molecule has 0 amide bonds. The average Bonchev–Trinajstić information content (AvgIpc) is 2.93. The predicted octanol–water partition coefficient (Wildman–Crippen LogP) is 4.61. The van der Waals surface area contributed by atoms with Gasteiger partial charge in [0, 0.05) is 0 Å². The highest BCUT2D eigenvalue weighted by Crippen LogP contribution is 2.38. The highest BCUT2D eigenvalue weighted by Gasteiger charge is 2.25. The van der Waals surface area contributed by atoms with Crippen LogP contribution < -0.4 is 0 Å². The summed E-state index contributed by atoms with van der Waals surface area (Å²) in [6.45, 7) is 3.75. The third-order valence-electron chi connectivity index (χ3n) is 3.78. The summed E-state index contributed by atoms with van der Waals surface area (Å²) in [5.74, 6) is 1.12. The number of carbonyl (C=O) groups is 1. The summed E-state index contributed by atoms with van der Waals surface area (Å²) in [6, 6.07) is 5.30. The Kier molecular flexibility index (Phi) is 5.34. The number of carboxylic acids is 1. The highest BCUT2D eigenvalue weighted by molar-refractivity contribution is 5.89. The minimum absolute atomic E-state index is 0. The summed E-state index contributed by atoms with van der Waals surface area (Å²) in [5, 5.41) is 8.66. The summed E-state index contributed by atoms with van der Waals surface area (Å²) in [5.41, 5.74) is 2.29. The van der Waals surface area contributed by atoms with Crippen molar-refractivity contribution in [3.05, 3.63) is 47.0 Å². The van der Waals surface area contributed by atoms with Crippen LogP contribution in [0.25, 0.3) is 0 Å². The van der Waals surface area contributed by atoms with E-state index in [1.54, 1.807) is 19.1 Å². The minimum Gasteiger partial charge on any atom is -0.478 e. The fraction of sp³-hybridized carbons (Fsp3) is 0.471. The molecule has 0 spiro atoms. The number of hydrogen-bond acceptors (Lipinski definition) is 1. The van der Waals surface area contributed by atoms with Gasteiger partial charge in [0.15, 0.2) is 0 Å². The quantitative estimate of drug-likeness (QED) is 0.749. The fourth-order valence-corrected chi connectivity index (χ4v) is 2.77. The minimum atomic E-state index is -0.859. The van der Waals surface area contributed by atoms with Gasteiger partial charge in [-0.2, -0.15) is 0 Å². The van der Waals surface area contributed by atoms with Crippen LogP contribution in [0.3, 0.4) is 0 Å². The summed E-state index contributed by atoms with van der Waals surface area (Å²) in [7, 11) is 0.